The fraction of sp³-hybridized carbons (Fsp3) is 0.708. The number of rotatable bonds is 5. The highest BCUT2D eigenvalue weighted by atomic mass is 17.3. The predicted octanol–water partition coefficient (Wildman–Crippen LogP) is 3.05. The monoisotopic (exact) mass is 428 g/mol. The standard InChI is InChI=1S/C24H32N2O5/c27-22(28)14-25-13-15-1-3-16(4-2-15)17-5-7-23(8-6-17)29-24(31-30-23)18-9-20-11-19(24)12-21(10-18)26-20/h1-4,17-21,25-26H,5-14H2,(H,27,28). The van der Waals surface area contributed by atoms with Crippen LogP contribution in [0.3, 0.4) is 0 Å². The minimum absolute atomic E-state index is 0.0183. The van der Waals surface area contributed by atoms with E-state index in [0.717, 1.165) is 56.9 Å². The fourth-order valence-corrected chi connectivity index (χ4v) is 6.92. The Kier molecular flexibility index (Phi) is 4.88. The second-order valence-corrected chi connectivity index (χ2v) is 10.3. The van der Waals surface area contributed by atoms with E-state index in [4.69, 9.17) is 19.6 Å². The molecule has 0 aromatic heterocycles. The third kappa shape index (κ3) is 3.51. The molecule has 3 N–H and O–H groups in total. The van der Waals surface area contributed by atoms with Gasteiger partial charge in [-0.15, -0.1) is 0 Å². The van der Waals surface area contributed by atoms with Crippen LogP contribution in [0.15, 0.2) is 24.3 Å². The van der Waals surface area contributed by atoms with Crippen molar-refractivity contribution in [3.05, 3.63) is 35.4 Å². The maximum Gasteiger partial charge on any atom is 0.317 e. The van der Waals surface area contributed by atoms with Crippen LogP contribution < -0.4 is 10.6 Å². The first-order chi connectivity index (χ1) is 15.0. The normalized spacial score (nSPS) is 43.2. The highest BCUT2D eigenvalue weighted by Gasteiger charge is 2.66. The molecular formula is C24H32N2O5. The molecule has 0 atom stereocenters. The molecule has 6 fully saturated rings. The second-order valence-electron chi connectivity index (χ2n) is 10.3. The number of carbonyl (C=O) groups is 1. The van der Waals surface area contributed by atoms with Crippen molar-refractivity contribution in [2.45, 2.75) is 87.5 Å². The van der Waals surface area contributed by atoms with Crippen LogP contribution in [-0.4, -0.2) is 41.3 Å². The van der Waals surface area contributed by atoms with Crippen molar-refractivity contribution in [1.29, 1.82) is 0 Å². The SMILES string of the molecule is O=C(O)CNCc1ccc(C2CCC3(CC2)OOC2(O3)C3CC4CC2CC(C3)N4)cc1. The van der Waals surface area contributed by atoms with Gasteiger partial charge in [-0.05, 0) is 55.6 Å². The van der Waals surface area contributed by atoms with E-state index in [-0.39, 0.29) is 6.54 Å². The molecule has 3 heterocycles. The van der Waals surface area contributed by atoms with Gasteiger partial charge in [0.2, 0.25) is 11.6 Å². The maximum absolute atomic E-state index is 10.6. The summed E-state index contributed by atoms with van der Waals surface area (Å²) >= 11 is 0. The third-order valence-corrected chi connectivity index (χ3v) is 8.36. The second kappa shape index (κ2) is 7.52. The molecule has 4 bridgehead atoms. The average Bonchev–Trinajstić information content (AvgIpc) is 3.13. The molecule has 2 spiro atoms. The average molecular weight is 429 g/mol. The van der Waals surface area contributed by atoms with Gasteiger partial charge >= 0.3 is 5.97 Å². The highest BCUT2D eigenvalue weighted by Crippen LogP contribution is 2.59. The first-order valence-electron chi connectivity index (χ1n) is 11.9. The van der Waals surface area contributed by atoms with Crippen LogP contribution in [0.1, 0.15) is 68.4 Å². The number of nitrogens with one attached hydrogen (secondary N) is 2. The Morgan fingerprint density at radius 1 is 1.03 bits per heavy atom. The van der Waals surface area contributed by atoms with Crippen molar-refractivity contribution in [2.75, 3.05) is 6.54 Å². The minimum atomic E-state index is -0.833. The minimum Gasteiger partial charge on any atom is -0.480 e. The molecule has 7 rings (SSSR count). The smallest absolute Gasteiger partial charge is 0.317 e. The lowest BCUT2D eigenvalue weighted by Gasteiger charge is -2.57. The van der Waals surface area contributed by atoms with E-state index >= 15 is 0 Å². The van der Waals surface area contributed by atoms with E-state index in [0.29, 0.717) is 36.4 Å². The Morgan fingerprint density at radius 2 is 1.68 bits per heavy atom. The van der Waals surface area contributed by atoms with Gasteiger partial charge < -0.3 is 20.5 Å². The summed E-state index contributed by atoms with van der Waals surface area (Å²) in [7, 11) is 0. The molecule has 0 unspecified atom stereocenters. The number of hydrogen-bond donors (Lipinski definition) is 3. The third-order valence-electron chi connectivity index (χ3n) is 8.36. The molecular weight excluding hydrogens is 396 g/mol. The number of carboxylic acid groups (broad SMARTS) is 1. The van der Waals surface area contributed by atoms with Crippen LogP contribution in [0.5, 0.6) is 0 Å². The summed E-state index contributed by atoms with van der Waals surface area (Å²) in [5.41, 5.74) is 2.44. The summed E-state index contributed by atoms with van der Waals surface area (Å²) in [5.74, 6) is -0.503. The Bertz CT molecular complexity index is 805. The van der Waals surface area contributed by atoms with E-state index in [2.05, 4.69) is 34.9 Å². The largest absolute Gasteiger partial charge is 0.480 e. The van der Waals surface area contributed by atoms with Crippen molar-refractivity contribution in [2.24, 2.45) is 11.8 Å². The van der Waals surface area contributed by atoms with Gasteiger partial charge in [-0.3, -0.25) is 4.79 Å². The molecule has 3 saturated carbocycles. The molecule has 1 aromatic rings. The molecule has 168 valence electrons. The molecule has 7 heteroatoms. The molecule has 0 radical (unpaired) electrons. The first kappa shape index (κ1) is 20.1. The number of benzene rings is 1. The van der Waals surface area contributed by atoms with E-state index in [9.17, 15) is 4.79 Å². The van der Waals surface area contributed by atoms with Gasteiger partial charge in [0.1, 0.15) is 0 Å². The van der Waals surface area contributed by atoms with E-state index in [1.54, 1.807) is 0 Å². The Labute approximate surface area is 182 Å². The van der Waals surface area contributed by atoms with Gasteiger partial charge in [0.15, 0.2) is 0 Å². The molecule has 3 aliphatic carbocycles. The Balaban J connectivity index is 1.07. The predicted molar refractivity (Wildman–Crippen MR) is 112 cm³/mol. The Hall–Kier alpha value is -1.51. The van der Waals surface area contributed by atoms with Crippen molar-refractivity contribution < 1.29 is 24.4 Å². The van der Waals surface area contributed by atoms with Crippen LogP contribution in [-0.2, 0) is 25.9 Å². The number of carboxylic acids is 1. The van der Waals surface area contributed by atoms with Gasteiger partial charge in [-0.1, -0.05) is 24.3 Å². The molecule has 1 aromatic carbocycles. The highest BCUT2D eigenvalue weighted by molar-refractivity contribution is 5.68. The summed E-state index contributed by atoms with van der Waals surface area (Å²) in [6.07, 6.45) is 8.35. The summed E-state index contributed by atoms with van der Waals surface area (Å²) in [4.78, 5) is 22.8. The van der Waals surface area contributed by atoms with Gasteiger partial charge in [0, 0.05) is 43.3 Å². The zero-order chi connectivity index (χ0) is 21.1. The van der Waals surface area contributed by atoms with Gasteiger partial charge in [-0.25, -0.2) is 0 Å². The van der Waals surface area contributed by atoms with E-state index < -0.39 is 17.5 Å². The van der Waals surface area contributed by atoms with E-state index in [1.807, 2.05) is 0 Å². The van der Waals surface area contributed by atoms with Crippen molar-refractivity contribution in [3.63, 3.8) is 0 Å². The van der Waals surface area contributed by atoms with Crippen LogP contribution in [0, 0.1) is 11.8 Å². The number of piperidine rings is 2. The topological polar surface area (TPSA) is 89.1 Å². The zero-order valence-electron chi connectivity index (χ0n) is 17.8. The van der Waals surface area contributed by atoms with Crippen LogP contribution in [0.25, 0.3) is 0 Å². The molecule has 7 nitrogen and oxygen atoms in total. The summed E-state index contributed by atoms with van der Waals surface area (Å²) < 4.78 is 6.79. The van der Waals surface area contributed by atoms with Crippen molar-refractivity contribution in [3.8, 4) is 0 Å². The Morgan fingerprint density at radius 3 is 2.29 bits per heavy atom. The van der Waals surface area contributed by atoms with Gasteiger partial charge in [0.25, 0.3) is 0 Å². The van der Waals surface area contributed by atoms with E-state index in [1.165, 1.54) is 5.56 Å². The number of aliphatic carboxylic acids is 1. The fourth-order valence-electron chi connectivity index (χ4n) is 6.92. The van der Waals surface area contributed by atoms with Crippen LogP contribution in [0.2, 0.25) is 0 Å². The first-order valence-corrected chi connectivity index (χ1v) is 11.9. The lowest BCUT2D eigenvalue weighted by Crippen LogP contribution is -2.67. The summed E-state index contributed by atoms with van der Waals surface area (Å²) in [6, 6.07) is 9.82. The lowest BCUT2D eigenvalue weighted by molar-refractivity contribution is -0.386. The molecule has 3 saturated heterocycles. The molecule has 3 aliphatic heterocycles. The summed E-state index contributed by atoms with van der Waals surface area (Å²) in [6.45, 7) is 0.552. The lowest BCUT2D eigenvalue weighted by atomic mass is 9.60. The van der Waals surface area contributed by atoms with Crippen molar-refractivity contribution >= 4 is 5.97 Å². The summed E-state index contributed by atoms with van der Waals surface area (Å²) in [5, 5.41) is 15.4. The number of hydrogen-bond acceptors (Lipinski definition) is 6. The van der Waals surface area contributed by atoms with Crippen LogP contribution >= 0.6 is 0 Å². The molecule has 0 amide bonds. The van der Waals surface area contributed by atoms with Gasteiger partial charge in [-0.2, -0.15) is 9.78 Å². The molecule has 6 aliphatic rings. The maximum atomic E-state index is 10.6. The molecule has 31 heavy (non-hydrogen) atoms. The van der Waals surface area contributed by atoms with Crippen LogP contribution in [0.4, 0.5) is 0 Å². The quantitative estimate of drug-likeness (QED) is 0.621. The van der Waals surface area contributed by atoms with Crippen molar-refractivity contribution in [1.82, 2.24) is 10.6 Å². The zero-order valence-corrected chi connectivity index (χ0v) is 17.8. The number of ether oxygens (including phenoxy) is 1. The van der Waals surface area contributed by atoms with Gasteiger partial charge in [0.05, 0.1) is 6.54 Å².